The Labute approximate surface area is 170 Å². The van der Waals surface area contributed by atoms with Crippen molar-refractivity contribution in [3.05, 3.63) is 69.7 Å². The molecule has 0 atom stereocenters. The van der Waals surface area contributed by atoms with Gasteiger partial charge < -0.3 is 9.84 Å². The average Bonchev–Trinajstić information content (AvgIpc) is 3.06. The Morgan fingerprint density at radius 3 is 2.81 bits per heavy atom. The minimum atomic E-state index is -0.390. The number of aromatic nitrogens is 1. The highest BCUT2D eigenvalue weighted by Crippen LogP contribution is 2.30. The molecule has 0 fully saturated rings. The van der Waals surface area contributed by atoms with Crippen molar-refractivity contribution in [3.8, 4) is 11.3 Å². The molecule has 0 unspecified atom stereocenters. The molecule has 0 aliphatic carbocycles. The lowest BCUT2D eigenvalue weighted by molar-refractivity contribution is -0.113. The van der Waals surface area contributed by atoms with Gasteiger partial charge in [0.15, 0.2) is 0 Å². The first-order valence-electron chi connectivity index (χ1n) is 7.97. The van der Waals surface area contributed by atoms with Crippen LogP contribution in [0, 0.1) is 12.7 Å². The quantitative estimate of drug-likeness (QED) is 0.529. The topological polar surface area (TPSA) is 55.1 Å². The summed E-state index contributed by atoms with van der Waals surface area (Å²) in [5, 5.41) is 7.74. The first kappa shape index (κ1) is 19.7. The van der Waals surface area contributed by atoms with Gasteiger partial charge in [0.25, 0.3) is 0 Å². The van der Waals surface area contributed by atoms with Crippen LogP contribution in [-0.4, -0.2) is 16.8 Å². The van der Waals surface area contributed by atoms with Crippen molar-refractivity contribution < 1.29 is 13.7 Å². The van der Waals surface area contributed by atoms with Gasteiger partial charge in [-0.1, -0.05) is 34.4 Å². The summed E-state index contributed by atoms with van der Waals surface area (Å²) in [6, 6.07) is 11.2. The van der Waals surface area contributed by atoms with E-state index in [4.69, 9.17) is 27.7 Å². The lowest BCUT2D eigenvalue weighted by atomic mass is 10.1. The molecule has 0 radical (unpaired) electrons. The zero-order valence-corrected chi connectivity index (χ0v) is 16.6. The fourth-order valence-corrected chi connectivity index (χ4v) is 3.57. The molecular formula is C19H15Cl2FN2O2S. The van der Waals surface area contributed by atoms with Gasteiger partial charge in [-0.25, -0.2) is 4.39 Å². The van der Waals surface area contributed by atoms with Gasteiger partial charge in [0.05, 0.1) is 16.5 Å². The molecule has 0 saturated heterocycles. The number of thioether (sulfide) groups is 1. The fraction of sp³-hybridized carbons (Fsp3) is 0.158. The molecule has 0 spiro atoms. The van der Waals surface area contributed by atoms with Crippen LogP contribution in [0.15, 0.2) is 47.0 Å². The number of nitrogens with zero attached hydrogens (tertiary/aromatic N) is 1. The maximum absolute atomic E-state index is 13.3. The number of hydrogen-bond acceptors (Lipinski definition) is 4. The minimum absolute atomic E-state index is 0.202. The summed E-state index contributed by atoms with van der Waals surface area (Å²) in [6.45, 7) is 1.81. The summed E-state index contributed by atoms with van der Waals surface area (Å²) in [7, 11) is 0. The molecule has 8 heteroatoms. The maximum Gasteiger partial charge on any atom is 0.234 e. The van der Waals surface area contributed by atoms with E-state index >= 15 is 0 Å². The van der Waals surface area contributed by atoms with E-state index in [-0.39, 0.29) is 11.7 Å². The predicted molar refractivity (Wildman–Crippen MR) is 108 cm³/mol. The Morgan fingerprint density at radius 1 is 1.22 bits per heavy atom. The normalized spacial score (nSPS) is 10.8. The van der Waals surface area contributed by atoms with Crippen LogP contribution in [0.25, 0.3) is 11.3 Å². The molecule has 1 aromatic heterocycles. The van der Waals surface area contributed by atoms with Crippen molar-refractivity contribution in [3.63, 3.8) is 0 Å². The lowest BCUT2D eigenvalue weighted by Crippen LogP contribution is -2.15. The summed E-state index contributed by atoms with van der Waals surface area (Å²) in [5.41, 5.74) is 2.60. The minimum Gasteiger partial charge on any atom is -0.360 e. The monoisotopic (exact) mass is 424 g/mol. The summed E-state index contributed by atoms with van der Waals surface area (Å²) in [4.78, 5) is 12.0. The molecule has 2 aromatic carbocycles. The van der Waals surface area contributed by atoms with Crippen LogP contribution >= 0.6 is 35.0 Å². The largest absolute Gasteiger partial charge is 0.360 e. The van der Waals surface area contributed by atoms with Crippen LogP contribution in [0.5, 0.6) is 0 Å². The first-order chi connectivity index (χ1) is 12.9. The second-order valence-electron chi connectivity index (χ2n) is 5.80. The van der Waals surface area contributed by atoms with E-state index in [2.05, 4.69) is 10.5 Å². The molecule has 1 N–H and O–H groups in total. The van der Waals surface area contributed by atoms with Crippen LogP contribution in [-0.2, 0) is 10.5 Å². The van der Waals surface area contributed by atoms with Gasteiger partial charge in [-0.05, 0) is 42.8 Å². The number of rotatable bonds is 6. The number of carbonyl (C=O) groups excluding carboxylic acids is 1. The SMILES string of the molecule is Cc1ccc(F)cc1NC(=O)CSCc1cc(-c2ccc(Cl)cc2Cl)no1. The van der Waals surface area contributed by atoms with Crippen molar-refractivity contribution >= 4 is 46.6 Å². The van der Waals surface area contributed by atoms with Gasteiger partial charge >= 0.3 is 0 Å². The van der Waals surface area contributed by atoms with Crippen LogP contribution in [0.4, 0.5) is 10.1 Å². The Kier molecular flexibility index (Phi) is 6.42. The molecule has 3 rings (SSSR count). The number of halogens is 3. The summed E-state index contributed by atoms with van der Waals surface area (Å²) in [5.74, 6) is 0.685. The highest BCUT2D eigenvalue weighted by molar-refractivity contribution is 7.99. The predicted octanol–water partition coefficient (Wildman–Crippen LogP) is 5.97. The molecule has 1 amide bonds. The zero-order valence-electron chi connectivity index (χ0n) is 14.3. The van der Waals surface area contributed by atoms with Crippen molar-refractivity contribution in [1.29, 1.82) is 0 Å². The lowest BCUT2D eigenvalue weighted by Gasteiger charge is -2.07. The number of amides is 1. The second-order valence-corrected chi connectivity index (χ2v) is 7.63. The smallest absolute Gasteiger partial charge is 0.234 e. The fourth-order valence-electron chi connectivity index (χ4n) is 2.36. The maximum atomic E-state index is 13.3. The van der Waals surface area contributed by atoms with E-state index in [1.54, 1.807) is 37.3 Å². The Bertz CT molecular complexity index is 978. The molecule has 27 heavy (non-hydrogen) atoms. The van der Waals surface area contributed by atoms with E-state index in [0.717, 1.165) is 11.1 Å². The Hall–Kier alpha value is -2.02. The van der Waals surface area contributed by atoms with Crippen molar-refractivity contribution in [2.75, 3.05) is 11.1 Å². The van der Waals surface area contributed by atoms with Crippen molar-refractivity contribution in [2.45, 2.75) is 12.7 Å². The van der Waals surface area contributed by atoms with E-state index in [1.165, 1.54) is 23.9 Å². The first-order valence-corrected chi connectivity index (χ1v) is 9.88. The van der Waals surface area contributed by atoms with Gasteiger partial charge in [0.2, 0.25) is 5.91 Å². The van der Waals surface area contributed by atoms with Gasteiger partial charge in [0, 0.05) is 22.3 Å². The molecule has 0 aliphatic heterocycles. The molecule has 0 saturated carbocycles. The summed E-state index contributed by atoms with van der Waals surface area (Å²) >= 11 is 13.4. The average molecular weight is 425 g/mol. The Morgan fingerprint density at radius 2 is 2.04 bits per heavy atom. The third-order valence-electron chi connectivity index (χ3n) is 3.72. The Balaban J connectivity index is 1.54. The molecule has 1 heterocycles. The molecule has 3 aromatic rings. The van der Waals surface area contributed by atoms with Gasteiger partial charge in [-0.15, -0.1) is 11.8 Å². The van der Waals surface area contributed by atoms with E-state index in [1.807, 2.05) is 0 Å². The molecule has 4 nitrogen and oxygen atoms in total. The van der Waals surface area contributed by atoms with Crippen LogP contribution < -0.4 is 5.32 Å². The molecular weight excluding hydrogens is 410 g/mol. The zero-order chi connectivity index (χ0) is 19.4. The highest BCUT2D eigenvalue weighted by atomic mass is 35.5. The van der Waals surface area contributed by atoms with Crippen molar-refractivity contribution in [1.82, 2.24) is 5.16 Å². The van der Waals surface area contributed by atoms with Gasteiger partial charge in [-0.3, -0.25) is 4.79 Å². The number of hydrogen-bond donors (Lipinski definition) is 1. The van der Waals surface area contributed by atoms with Crippen LogP contribution in [0.3, 0.4) is 0 Å². The molecule has 0 bridgehead atoms. The van der Waals surface area contributed by atoms with E-state index < -0.39 is 5.82 Å². The number of carbonyl (C=O) groups is 1. The van der Waals surface area contributed by atoms with Crippen molar-refractivity contribution in [2.24, 2.45) is 0 Å². The summed E-state index contributed by atoms with van der Waals surface area (Å²) < 4.78 is 18.6. The second kappa shape index (κ2) is 8.78. The van der Waals surface area contributed by atoms with Gasteiger partial charge in [-0.2, -0.15) is 0 Å². The summed E-state index contributed by atoms with van der Waals surface area (Å²) in [6.07, 6.45) is 0. The number of benzene rings is 2. The van der Waals surface area contributed by atoms with Crippen LogP contribution in [0.1, 0.15) is 11.3 Å². The number of anilines is 1. The van der Waals surface area contributed by atoms with Gasteiger partial charge in [0.1, 0.15) is 17.3 Å². The molecule has 0 aliphatic rings. The van der Waals surface area contributed by atoms with E-state index in [9.17, 15) is 9.18 Å². The number of aryl methyl sites for hydroxylation is 1. The van der Waals surface area contributed by atoms with Crippen LogP contribution in [0.2, 0.25) is 10.0 Å². The molecule has 140 valence electrons. The standard InChI is InChI=1S/C19H15Cl2FN2O2S/c1-11-2-4-13(22)7-17(11)23-19(25)10-27-9-14-8-18(24-26-14)15-5-3-12(20)6-16(15)21/h2-8H,9-10H2,1H3,(H,23,25). The third-order valence-corrected chi connectivity index (χ3v) is 5.22. The number of nitrogens with one attached hydrogen (secondary N) is 1. The van der Waals surface area contributed by atoms with E-state index in [0.29, 0.717) is 32.9 Å². The highest BCUT2D eigenvalue weighted by Gasteiger charge is 2.12. The third kappa shape index (κ3) is 5.25.